The van der Waals surface area contributed by atoms with Crippen LogP contribution < -0.4 is 0 Å². The summed E-state index contributed by atoms with van der Waals surface area (Å²) < 4.78 is 5.36. The molecule has 5 heteroatoms. The first kappa shape index (κ1) is 17.5. The van der Waals surface area contributed by atoms with Gasteiger partial charge in [-0.15, -0.1) is 0 Å². The summed E-state index contributed by atoms with van der Waals surface area (Å²) in [6, 6.07) is 7.56. The van der Waals surface area contributed by atoms with Gasteiger partial charge in [0.15, 0.2) is 5.60 Å². The Balaban J connectivity index is 2.25. The first-order valence-electron chi connectivity index (χ1n) is 7.87. The van der Waals surface area contributed by atoms with Crippen molar-refractivity contribution in [1.82, 2.24) is 4.90 Å². The van der Waals surface area contributed by atoms with Crippen LogP contribution in [0.4, 0.5) is 0 Å². The predicted octanol–water partition coefficient (Wildman–Crippen LogP) is 2.59. The van der Waals surface area contributed by atoms with E-state index in [2.05, 4.69) is 20.8 Å². The van der Waals surface area contributed by atoms with Gasteiger partial charge in [-0.05, 0) is 30.4 Å². The normalized spacial score (nSPS) is 22.0. The molecule has 1 aliphatic rings. The van der Waals surface area contributed by atoms with Crippen LogP contribution in [0.3, 0.4) is 0 Å². The van der Waals surface area contributed by atoms with Gasteiger partial charge in [-0.25, -0.2) is 4.79 Å². The lowest BCUT2D eigenvalue weighted by Gasteiger charge is -2.38. The minimum Gasteiger partial charge on any atom is -0.479 e. The maximum Gasteiger partial charge on any atom is 0.337 e. The zero-order valence-electron chi connectivity index (χ0n) is 14.3. The second-order valence-electron chi connectivity index (χ2n) is 7.51. The number of carboxylic acids is 1. The fourth-order valence-corrected chi connectivity index (χ4v) is 2.80. The highest BCUT2D eigenvalue weighted by Crippen LogP contribution is 2.25. The summed E-state index contributed by atoms with van der Waals surface area (Å²) in [7, 11) is 0. The molecule has 1 N–H and O–H groups in total. The Morgan fingerprint density at radius 3 is 2.57 bits per heavy atom. The molecule has 0 aromatic heterocycles. The highest BCUT2D eigenvalue weighted by Gasteiger charge is 2.41. The summed E-state index contributed by atoms with van der Waals surface area (Å²) in [5, 5.41) is 9.31. The summed E-state index contributed by atoms with van der Waals surface area (Å²) in [6.45, 7) is 8.60. The van der Waals surface area contributed by atoms with Crippen molar-refractivity contribution in [2.24, 2.45) is 5.41 Å². The SMILES string of the molecule is CC(C)(C)Cc1ccccc1C(=O)N1CCOC(C)(C(=O)O)C1. The van der Waals surface area contributed by atoms with E-state index in [9.17, 15) is 14.7 Å². The number of benzene rings is 1. The zero-order valence-corrected chi connectivity index (χ0v) is 14.3. The van der Waals surface area contributed by atoms with Gasteiger partial charge in [-0.1, -0.05) is 39.0 Å². The van der Waals surface area contributed by atoms with Crippen molar-refractivity contribution in [2.45, 2.75) is 39.7 Å². The van der Waals surface area contributed by atoms with E-state index in [0.717, 1.165) is 12.0 Å². The Labute approximate surface area is 137 Å². The van der Waals surface area contributed by atoms with Gasteiger partial charge in [0.1, 0.15) is 0 Å². The van der Waals surface area contributed by atoms with Gasteiger partial charge in [-0.2, -0.15) is 0 Å². The third-order valence-corrected chi connectivity index (χ3v) is 3.98. The van der Waals surface area contributed by atoms with Gasteiger partial charge in [0, 0.05) is 12.1 Å². The predicted molar refractivity (Wildman–Crippen MR) is 87.5 cm³/mol. The highest BCUT2D eigenvalue weighted by atomic mass is 16.5. The molecule has 0 bridgehead atoms. The van der Waals surface area contributed by atoms with E-state index in [4.69, 9.17) is 4.74 Å². The molecular formula is C18H25NO4. The van der Waals surface area contributed by atoms with Crippen molar-refractivity contribution in [3.8, 4) is 0 Å². The number of rotatable bonds is 3. The monoisotopic (exact) mass is 319 g/mol. The Hall–Kier alpha value is -1.88. The fourth-order valence-electron chi connectivity index (χ4n) is 2.80. The van der Waals surface area contributed by atoms with E-state index in [1.54, 1.807) is 4.90 Å². The number of carbonyl (C=O) groups excluding carboxylic acids is 1. The summed E-state index contributed by atoms with van der Waals surface area (Å²) in [6.07, 6.45) is 0.787. The molecular weight excluding hydrogens is 294 g/mol. The van der Waals surface area contributed by atoms with Gasteiger partial charge >= 0.3 is 5.97 Å². The molecule has 1 unspecified atom stereocenters. The number of amides is 1. The van der Waals surface area contributed by atoms with E-state index in [1.165, 1.54) is 6.92 Å². The topological polar surface area (TPSA) is 66.8 Å². The summed E-state index contributed by atoms with van der Waals surface area (Å²) in [5.74, 6) is -1.17. The van der Waals surface area contributed by atoms with Crippen LogP contribution in [-0.2, 0) is 16.0 Å². The lowest BCUT2D eigenvalue weighted by atomic mass is 9.86. The van der Waals surface area contributed by atoms with Crippen LogP contribution in [0, 0.1) is 5.41 Å². The van der Waals surface area contributed by atoms with Crippen molar-refractivity contribution in [2.75, 3.05) is 19.7 Å². The minimum atomic E-state index is -1.34. The number of nitrogens with zero attached hydrogens (tertiary/aromatic N) is 1. The van der Waals surface area contributed by atoms with E-state index >= 15 is 0 Å². The highest BCUT2D eigenvalue weighted by molar-refractivity contribution is 5.96. The van der Waals surface area contributed by atoms with Gasteiger partial charge in [0.2, 0.25) is 0 Å². The van der Waals surface area contributed by atoms with Gasteiger partial charge in [0.25, 0.3) is 5.91 Å². The molecule has 5 nitrogen and oxygen atoms in total. The standard InChI is InChI=1S/C18H25NO4/c1-17(2,3)11-13-7-5-6-8-14(13)15(20)19-9-10-23-18(4,12-19)16(21)22/h5-8H,9-12H2,1-4H3,(H,21,22). The molecule has 1 heterocycles. The molecule has 1 fully saturated rings. The molecule has 1 aliphatic heterocycles. The van der Waals surface area contributed by atoms with E-state index in [0.29, 0.717) is 12.1 Å². The zero-order chi connectivity index (χ0) is 17.3. The number of morpholine rings is 1. The van der Waals surface area contributed by atoms with Crippen LogP contribution in [0.15, 0.2) is 24.3 Å². The van der Waals surface area contributed by atoms with Crippen LogP contribution in [-0.4, -0.2) is 47.2 Å². The van der Waals surface area contributed by atoms with E-state index in [-0.39, 0.29) is 24.5 Å². The molecule has 0 spiro atoms. The Morgan fingerprint density at radius 2 is 1.96 bits per heavy atom. The summed E-state index contributed by atoms with van der Waals surface area (Å²) >= 11 is 0. The van der Waals surface area contributed by atoms with Crippen molar-refractivity contribution in [3.63, 3.8) is 0 Å². The molecule has 0 radical (unpaired) electrons. The second kappa shape index (κ2) is 6.32. The molecule has 2 rings (SSSR count). The van der Waals surface area contributed by atoms with Crippen molar-refractivity contribution < 1.29 is 19.4 Å². The van der Waals surface area contributed by atoms with Crippen LogP contribution in [0.5, 0.6) is 0 Å². The smallest absolute Gasteiger partial charge is 0.337 e. The van der Waals surface area contributed by atoms with Crippen LogP contribution in [0.25, 0.3) is 0 Å². The Kier molecular flexibility index (Phi) is 4.80. The van der Waals surface area contributed by atoms with E-state index in [1.807, 2.05) is 24.3 Å². The van der Waals surface area contributed by atoms with Crippen LogP contribution >= 0.6 is 0 Å². The quantitative estimate of drug-likeness (QED) is 0.930. The Morgan fingerprint density at radius 1 is 1.30 bits per heavy atom. The van der Waals surface area contributed by atoms with Crippen molar-refractivity contribution >= 4 is 11.9 Å². The summed E-state index contributed by atoms with van der Waals surface area (Å²) in [4.78, 5) is 25.8. The maximum absolute atomic E-state index is 12.9. The first-order chi connectivity index (χ1) is 10.6. The lowest BCUT2D eigenvalue weighted by Crippen LogP contribution is -2.56. The van der Waals surface area contributed by atoms with E-state index < -0.39 is 11.6 Å². The molecule has 1 amide bonds. The van der Waals surface area contributed by atoms with Gasteiger partial charge in [0.05, 0.1) is 13.2 Å². The molecule has 1 aromatic carbocycles. The molecule has 1 aromatic rings. The molecule has 1 saturated heterocycles. The number of aliphatic carboxylic acids is 1. The van der Waals surface area contributed by atoms with Crippen molar-refractivity contribution in [3.05, 3.63) is 35.4 Å². The molecule has 23 heavy (non-hydrogen) atoms. The van der Waals surface area contributed by atoms with Crippen molar-refractivity contribution in [1.29, 1.82) is 0 Å². The largest absolute Gasteiger partial charge is 0.479 e. The molecule has 0 aliphatic carbocycles. The molecule has 1 atom stereocenters. The number of hydrogen-bond acceptors (Lipinski definition) is 3. The minimum absolute atomic E-state index is 0.0605. The van der Waals surface area contributed by atoms with Gasteiger partial charge in [-0.3, -0.25) is 4.79 Å². The average molecular weight is 319 g/mol. The lowest BCUT2D eigenvalue weighted by molar-refractivity contribution is -0.171. The Bertz CT molecular complexity index is 605. The second-order valence-corrected chi connectivity index (χ2v) is 7.51. The van der Waals surface area contributed by atoms with Crippen LogP contribution in [0.2, 0.25) is 0 Å². The fraction of sp³-hybridized carbons (Fsp3) is 0.556. The third-order valence-electron chi connectivity index (χ3n) is 3.98. The average Bonchev–Trinajstić information content (AvgIpc) is 2.45. The third kappa shape index (κ3) is 4.10. The number of hydrogen-bond donors (Lipinski definition) is 1. The summed E-state index contributed by atoms with van der Waals surface area (Å²) in [5.41, 5.74) is 0.370. The molecule has 0 saturated carbocycles. The first-order valence-corrected chi connectivity index (χ1v) is 7.87. The van der Waals surface area contributed by atoms with Gasteiger partial charge < -0.3 is 14.7 Å². The number of carboxylic acid groups (broad SMARTS) is 1. The number of ether oxygens (including phenoxy) is 1. The number of carbonyl (C=O) groups is 2. The maximum atomic E-state index is 12.9. The van der Waals surface area contributed by atoms with Crippen LogP contribution in [0.1, 0.15) is 43.6 Å². The molecule has 126 valence electrons.